The lowest BCUT2D eigenvalue weighted by Crippen LogP contribution is -2.03. The second-order valence-corrected chi connectivity index (χ2v) is 4.62. The predicted octanol–water partition coefficient (Wildman–Crippen LogP) is 1.53. The van der Waals surface area contributed by atoms with Gasteiger partial charge in [0, 0.05) is 18.8 Å². The van der Waals surface area contributed by atoms with Gasteiger partial charge >= 0.3 is 0 Å². The summed E-state index contributed by atoms with van der Waals surface area (Å²) in [5.74, 6) is 0.586. The lowest BCUT2D eigenvalue weighted by Gasteiger charge is -2.03. The summed E-state index contributed by atoms with van der Waals surface area (Å²) in [5, 5.41) is 12.3. The molecule has 0 N–H and O–H groups in total. The number of benzene rings is 1. The Morgan fingerprint density at radius 1 is 1.19 bits per heavy atom. The van der Waals surface area contributed by atoms with Crippen LogP contribution in [0.2, 0.25) is 0 Å². The van der Waals surface area contributed by atoms with Gasteiger partial charge in [-0.3, -0.25) is 4.79 Å². The Morgan fingerprint density at radius 3 is 2.90 bits per heavy atom. The summed E-state index contributed by atoms with van der Waals surface area (Å²) in [6, 6.07) is 8.69. The number of hydrogen-bond donors (Lipinski definition) is 0. The maximum absolute atomic E-state index is 12.5. The number of tetrazole rings is 1. The van der Waals surface area contributed by atoms with Crippen LogP contribution in [0.1, 0.15) is 0 Å². The topological polar surface area (TPSA) is 86.7 Å². The van der Waals surface area contributed by atoms with Gasteiger partial charge in [-0.2, -0.15) is 0 Å². The Hall–Kier alpha value is -3.09. The molecule has 0 saturated heterocycles. The lowest BCUT2D eigenvalue weighted by molar-refractivity contribution is 0.645. The summed E-state index contributed by atoms with van der Waals surface area (Å²) >= 11 is 0. The van der Waals surface area contributed by atoms with Crippen LogP contribution in [0.25, 0.3) is 33.5 Å². The molecule has 0 aliphatic carbocycles. The Balaban J connectivity index is 2.08. The first kappa shape index (κ1) is 11.7. The van der Waals surface area contributed by atoms with Gasteiger partial charge in [-0.1, -0.05) is 0 Å². The maximum atomic E-state index is 12.5. The minimum Gasteiger partial charge on any atom is -0.437 e. The molecule has 0 spiro atoms. The molecule has 0 atom stereocenters. The van der Waals surface area contributed by atoms with E-state index >= 15 is 0 Å². The Morgan fingerprint density at radius 2 is 2.10 bits per heavy atom. The van der Waals surface area contributed by atoms with E-state index < -0.39 is 0 Å². The van der Waals surface area contributed by atoms with Crippen molar-refractivity contribution in [2.45, 2.75) is 0 Å². The molecular weight excluding hydrogens is 270 g/mol. The summed E-state index contributed by atoms with van der Waals surface area (Å²) in [6.07, 6.45) is 1.59. The predicted molar refractivity (Wildman–Crippen MR) is 75.6 cm³/mol. The molecule has 0 radical (unpaired) electrons. The molecule has 0 bridgehead atoms. The van der Waals surface area contributed by atoms with Crippen molar-refractivity contribution in [2.75, 3.05) is 0 Å². The smallest absolute Gasteiger partial charge is 0.230 e. The first-order valence-corrected chi connectivity index (χ1v) is 6.28. The third-order valence-corrected chi connectivity index (χ3v) is 3.32. The van der Waals surface area contributed by atoms with Gasteiger partial charge in [0.15, 0.2) is 5.82 Å². The van der Waals surface area contributed by atoms with Crippen molar-refractivity contribution in [2.24, 2.45) is 7.05 Å². The highest BCUT2D eigenvalue weighted by atomic mass is 16.3. The fraction of sp³-hybridized carbons (Fsp3) is 0.0714. The zero-order valence-electron chi connectivity index (χ0n) is 11.0. The fourth-order valence-electron chi connectivity index (χ4n) is 2.30. The molecule has 3 aromatic heterocycles. The average molecular weight is 279 g/mol. The summed E-state index contributed by atoms with van der Waals surface area (Å²) in [7, 11) is 1.74. The Labute approximate surface area is 117 Å². The standard InChI is InChI=1S/C14H9N5O2/c1-19-13(16-17-18-19)8-4-5-11-10(7-8)12(20)9-3-2-6-15-14(9)21-11/h2-7H,1H3. The van der Waals surface area contributed by atoms with Crippen molar-refractivity contribution >= 4 is 22.1 Å². The number of pyridine rings is 1. The highest BCUT2D eigenvalue weighted by Gasteiger charge is 2.11. The lowest BCUT2D eigenvalue weighted by atomic mass is 10.1. The molecule has 7 heteroatoms. The number of hydrogen-bond acceptors (Lipinski definition) is 6. The number of nitrogens with zero attached hydrogens (tertiary/aromatic N) is 5. The summed E-state index contributed by atoms with van der Waals surface area (Å²) in [5.41, 5.74) is 1.47. The molecule has 0 fully saturated rings. The van der Waals surface area contributed by atoms with Gasteiger partial charge in [-0.25, -0.2) is 9.67 Å². The molecule has 21 heavy (non-hydrogen) atoms. The zero-order valence-corrected chi connectivity index (χ0v) is 11.0. The molecule has 0 aliphatic rings. The summed E-state index contributed by atoms with van der Waals surface area (Å²) in [4.78, 5) is 16.6. The molecule has 0 unspecified atom stereocenters. The molecule has 4 aromatic rings. The maximum Gasteiger partial charge on any atom is 0.230 e. The van der Waals surface area contributed by atoms with Crippen LogP contribution in [0, 0.1) is 0 Å². The molecule has 4 rings (SSSR count). The van der Waals surface area contributed by atoms with Crippen LogP contribution in [0.5, 0.6) is 0 Å². The quantitative estimate of drug-likeness (QED) is 0.491. The van der Waals surface area contributed by atoms with Crippen molar-refractivity contribution in [1.82, 2.24) is 25.2 Å². The number of aryl methyl sites for hydroxylation is 1. The highest BCUT2D eigenvalue weighted by molar-refractivity contribution is 5.90. The van der Waals surface area contributed by atoms with E-state index in [0.29, 0.717) is 27.9 Å². The van der Waals surface area contributed by atoms with E-state index in [2.05, 4.69) is 20.5 Å². The van der Waals surface area contributed by atoms with Crippen LogP contribution in [-0.2, 0) is 7.05 Å². The van der Waals surface area contributed by atoms with Crippen LogP contribution in [0.3, 0.4) is 0 Å². The first-order chi connectivity index (χ1) is 10.2. The van der Waals surface area contributed by atoms with E-state index in [1.54, 1.807) is 42.2 Å². The fourth-order valence-corrected chi connectivity index (χ4v) is 2.30. The van der Waals surface area contributed by atoms with Crippen molar-refractivity contribution in [1.29, 1.82) is 0 Å². The van der Waals surface area contributed by atoms with Crippen molar-refractivity contribution in [3.05, 3.63) is 46.8 Å². The SMILES string of the molecule is Cn1nnnc1-c1ccc2oc3ncccc3c(=O)c2c1. The highest BCUT2D eigenvalue weighted by Crippen LogP contribution is 2.22. The number of fused-ring (bicyclic) bond motifs is 2. The monoisotopic (exact) mass is 279 g/mol. The van der Waals surface area contributed by atoms with E-state index in [1.165, 1.54) is 0 Å². The molecule has 7 nitrogen and oxygen atoms in total. The van der Waals surface area contributed by atoms with Gasteiger partial charge in [0.2, 0.25) is 11.1 Å². The van der Waals surface area contributed by atoms with Crippen LogP contribution in [-0.4, -0.2) is 25.2 Å². The molecular formula is C14H9N5O2. The second-order valence-electron chi connectivity index (χ2n) is 4.62. The van der Waals surface area contributed by atoms with Crippen LogP contribution < -0.4 is 5.43 Å². The third-order valence-electron chi connectivity index (χ3n) is 3.32. The van der Waals surface area contributed by atoms with Gasteiger partial charge in [0.25, 0.3) is 0 Å². The van der Waals surface area contributed by atoms with E-state index in [9.17, 15) is 4.79 Å². The largest absolute Gasteiger partial charge is 0.437 e. The minimum atomic E-state index is -0.115. The number of rotatable bonds is 1. The molecule has 1 aromatic carbocycles. The summed E-state index contributed by atoms with van der Waals surface area (Å²) in [6.45, 7) is 0. The number of aromatic nitrogens is 5. The van der Waals surface area contributed by atoms with Crippen molar-refractivity contribution < 1.29 is 4.42 Å². The Bertz CT molecular complexity index is 1030. The normalized spacial score (nSPS) is 11.3. The Kier molecular flexibility index (Phi) is 2.34. The minimum absolute atomic E-state index is 0.115. The molecule has 0 amide bonds. The second kappa shape index (κ2) is 4.20. The van der Waals surface area contributed by atoms with Crippen LogP contribution in [0.15, 0.2) is 45.7 Å². The zero-order chi connectivity index (χ0) is 14.4. The van der Waals surface area contributed by atoms with E-state index in [0.717, 1.165) is 5.56 Å². The molecule has 102 valence electrons. The van der Waals surface area contributed by atoms with Crippen LogP contribution in [0.4, 0.5) is 0 Å². The van der Waals surface area contributed by atoms with Gasteiger partial charge in [0.05, 0.1) is 10.8 Å². The van der Waals surface area contributed by atoms with E-state index in [-0.39, 0.29) is 5.43 Å². The van der Waals surface area contributed by atoms with Gasteiger partial charge in [-0.05, 0) is 40.8 Å². The van der Waals surface area contributed by atoms with Crippen molar-refractivity contribution in [3.63, 3.8) is 0 Å². The summed E-state index contributed by atoms with van der Waals surface area (Å²) < 4.78 is 7.21. The van der Waals surface area contributed by atoms with Gasteiger partial charge in [0.1, 0.15) is 5.58 Å². The first-order valence-electron chi connectivity index (χ1n) is 6.28. The molecule has 0 aliphatic heterocycles. The van der Waals surface area contributed by atoms with E-state index in [1.807, 2.05) is 6.07 Å². The van der Waals surface area contributed by atoms with E-state index in [4.69, 9.17) is 4.42 Å². The van der Waals surface area contributed by atoms with Crippen molar-refractivity contribution in [3.8, 4) is 11.4 Å². The van der Waals surface area contributed by atoms with Crippen LogP contribution >= 0.6 is 0 Å². The molecule has 3 heterocycles. The van der Waals surface area contributed by atoms with Gasteiger partial charge < -0.3 is 4.42 Å². The average Bonchev–Trinajstić information content (AvgIpc) is 2.93. The third kappa shape index (κ3) is 1.71. The van der Waals surface area contributed by atoms with Gasteiger partial charge in [-0.15, -0.1) is 5.10 Å². The molecule has 0 saturated carbocycles.